The van der Waals surface area contributed by atoms with Crippen molar-refractivity contribution >= 4 is 10.9 Å². The normalized spacial score (nSPS) is 12.7. The van der Waals surface area contributed by atoms with E-state index < -0.39 is 0 Å². The standard InChI is InChI=1S/C22H28N2/c1-5-24-17(4)21(19-8-6-7-9-22(19)24)13-18(14-23)20-12-15(2)10-11-16(20)3/h6-12,18H,5,13-14,23H2,1-4H3. The highest BCUT2D eigenvalue weighted by Crippen LogP contribution is 2.31. The molecule has 2 heteroatoms. The summed E-state index contributed by atoms with van der Waals surface area (Å²) in [5.74, 6) is 0.361. The SMILES string of the molecule is CCn1c(C)c(CC(CN)c2cc(C)ccc2C)c2ccccc21. The third kappa shape index (κ3) is 2.87. The number of hydrogen-bond donors (Lipinski definition) is 1. The third-order valence-corrected chi connectivity index (χ3v) is 5.29. The highest BCUT2D eigenvalue weighted by atomic mass is 15.0. The van der Waals surface area contributed by atoms with Crippen molar-refractivity contribution in [1.82, 2.24) is 4.57 Å². The van der Waals surface area contributed by atoms with Crippen molar-refractivity contribution in [1.29, 1.82) is 0 Å². The lowest BCUT2D eigenvalue weighted by molar-refractivity contribution is 0.680. The maximum absolute atomic E-state index is 6.20. The second-order valence-corrected chi connectivity index (χ2v) is 6.82. The van der Waals surface area contributed by atoms with Crippen molar-refractivity contribution in [3.63, 3.8) is 0 Å². The first-order valence-corrected chi connectivity index (χ1v) is 8.90. The van der Waals surface area contributed by atoms with Crippen LogP contribution in [0.3, 0.4) is 0 Å². The van der Waals surface area contributed by atoms with Crippen LogP contribution in [0, 0.1) is 20.8 Å². The molecular weight excluding hydrogens is 292 g/mol. The minimum Gasteiger partial charge on any atom is -0.345 e. The maximum atomic E-state index is 6.20. The Kier molecular flexibility index (Phi) is 4.77. The monoisotopic (exact) mass is 320 g/mol. The van der Waals surface area contributed by atoms with Gasteiger partial charge in [0.2, 0.25) is 0 Å². The molecule has 0 aliphatic heterocycles. The molecule has 1 atom stereocenters. The van der Waals surface area contributed by atoms with Crippen LogP contribution in [0.25, 0.3) is 10.9 Å². The van der Waals surface area contributed by atoms with Crippen LogP contribution >= 0.6 is 0 Å². The molecule has 0 radical (unpaired) electrons. The summed E-state index contributed by atoms with van der Waals surface area (Å²) in [5.41, 5.74) is 14.4. The average molecular weight is 320 g/mol. The van der Waals surface area contributed by atoms with E-state index in [0.717, 1.165) is 13.0 Å². The molecule has 3 rings (SSSR count). The number of para-hydroxylation sites is 1. The predicted molar refractivity (Wildman–Crippen MR) is 104 cm³/mol. The summed E-state index contributed by atoms with van der Waals surface area (Å²) in [6.07, 6.45) is 1.00. The first-order chi connectivity index (χ1) is 11.6. The third-order valence-electron chi connectivity index (χ3n) is 5.29. The molecule has 0 amide bonds. The van der Waals surface area contributed by atoms with Crippen molar-refractivity contribution in [2.24, 2.45) is 5.73 Å². The van der Waals surface area contributed by atoms with E-state index in [1.807, 2.05) is 0 Å². The van der Waals surface area contributed by atoms with Crippen LogP contribution in [0.15, 0.2) is 42.5 Å². The lowest BCUT2D eigenvalue weighted by atomic mass is 9.87. The molecule has 2 N–H and O–H groups in total. The molecule has 3 aromatic rings. The van der Waals surface area contributed by atoms with Gasteiger partial charge >= 0.3 is 0 Å². The summed E-state index contributed by atoms with van der Waals surface area (Å²) in [4.78, 5) is 0. The molecule has 24 heavy (non-hydrogen) atoms. The number of hydrogen-bond acceptors (Lipinski definition) is 1. The first kappa shape index (κ1) is 16.8. The van der Waals surface area contributed by atoms with Crippen LogP contribution in [-0.4, -0.2) is 11.1 Å². The van der Waals surface area contributed by atoms with Gasteiger partial charge in [0, 0.05) is 29.1 Å². The highest BCUT2D eigenvalue weighted by molar-refractivity contribution is 5.85. The lowest BCUT2D eigenvalue weighted by Crippen LogP contribution is -2.17. The molecule has 0 spiro atoms. The summed E-state index contributed by atoms with van der Waals surface area (Å²) in [7, 11) is 0. The Morgan fingerprint density at radius 2 is 1.79 bits per heavy atom. The molecule has 0 aliphatic rings. The molecule has 2 aromatic carbocycles. The van der Waals surface area contributed by atoms with Crippen molar-refractivity contribution in [2.45, 2.75) is 46.6 Å². The topological polar surface area (TPSA) is 30.9 Å². The molecule has 0 saturated heterocycles. The Morgan fingerprint density at radius 3 is 2.50 bits per heavy atom. The predicted octanol–water partition coefficient (Wildman–Crippen LogP) is 4.87. The summed E-state index contributed by atoms with van der Waals surface area (Å²) in [6.45, 7) is 10.5. The summed E-state index contributed by atoms with van der Waals surface area (Å²) < 4.78 is 2.42. The van der Waals surface area contributed by atoms with Gasteiger partial charge in [-0.05, 0) is 63.4 Å². The van der Waals surface area contributed by atoms with Gasteiger partial charge in [0.1, 0.15) is 0 Å². The van der Waals surface area contributed by atoms with Crippen molar-refractivity contribution < 1.29 is 0 Å². The molecule has 0 fully saturated rings. The Labute approximate surface area is 145 Å². The molecule has 1 heterocycles. The van der Waals surface area contributed by atoms with Crippen molar-refractivity contribution in [3.05, 3.63) is 70.4 Å². The summed E-state index contributed by atoms with van der Waals surface area (Å²) >= 11 is 0. The van der Waals surface area contributed by atoms with Crippen LogP contribution in [0.2, 0.25) is 0 Å². The Hall–Kier alpha value is -2.06. The van der Waals surface area contributed by atoms with Gasteiger partial charge in [-0.2, -0.15) is 0 Å². The number of nitrogens with zero attached hydrogens (tertiary/aromatic N) is 1. The largest absolute Gasteiger partial charge is 0.345 e. The van der Waals surface area contributed by atoms with Crippen LogP contribution in [-0.2, 0) is 13.0 Å². The first-order valence-electron chi connectivity index (χ1n) is 8.90. The average Bonchev–Trinajstić information content (AvgIpc) is 2.86. The number of rotatable bonds is 5. The number of benzene rings is 2. The fraction of sp³-hybridized carbons (Fsp3) is 0.364. The molecule has 0 saturated carbocycles. The number of aromatic nitrogens is 1. The van der Waals surface area contributed by atoms with E-state index in [9.17, 15) is 0 Å². The van der Waals surface area contributed by atoms with Gasteiger partial charge in [-0.3, -0.25) is 0 Å². The molecule has 2 nitrogen and oxygen atoms in total. The van der Waals surface area contributed by atoms with E-state index in [1.54, 1.807) is 0 Å². The fourth-order valence-electron chi connectivity index (χ4n) is 3.93. The van der Waals surface area contributed by atoms with Gasteiger partial charge in [-0.1, -0.05) is 42.0 Å². The van der Waals surface area contributed by atoms with E-state index in [1.165, 1.54) is 38.9 Å². The zero-order valence-corrected chi connectivity index (χ0v) is 15.3. The number of nitrogens with two attached hydrogens (primary N) is 1. The molecule has 126 valence electrons. The summed E-state index contributed by atoms with van der Waals surface area (Å²) in [5, 5.41) is 1.38. The number of fused-ring (bicyclic) bond motifs is 1. The Morgan fingerprint density at radius 1 is 1.04 bits per heavy atom. The smallest absolute Gasteiger partial charge is 0.0485 e. The van der Waals surface area contributed by atoms with Crippen molar-refractivity contribution in [2.75, 3.05) is 6.54 Å². The van der Waals surface area contributed by atoms with Gasteiger partial charge in [-0.25, -0.2) is 0 Å². The van der Waals surface area contributed by atoms with Gasteiger partial charge in [0.05, 0.1) is 0 Å². The minimum atomic E-state index is 0.361. The van der Waals surface area contributed by atoms with Crippen molar-refractivity contribution in [3.8, 4) is 0 Å². The lowest BCUT2D eigenvalue weighted by Gasteiger charge is -2.19. The highest BCUT2D eigenvalue weighted by Gasteiger charge is 2.19. The number of aryl methyl sites for hydroxylation is 3. The molecule has 0 aliphatic carbocycles. The Balaban J connectivity index is 2.08. The van der Waals surface area contributed by atoms with E-state index in [0.29, 0.717) is 12.5 Å². The van der Waals surface area contributed by atoms with Crippen LogP contribution < -0.4 is 5.73 Å². The molecular formula is C22H28N2. The summed E-state index contributed by atoms with van der Waals surface area (Å²) in [6, 6.07) is 15.5. The van der Waals surface area contributed by atoms with Gasteiger partial charge < -0.3 is 10.3 Å². The van der Waals surface area contributed by atoms with E-state index >= 15 is 0 Å². The van der Waals surface area contributed by atoms with E-state index in [4.69, 9.17) is 5.73 Å². The van der Waals surface area contributed by atoms with Crippen LogP contribution in [0.4, 0.5) is 0 Å². The second-order valence-electron chi connectivity index (χ2n) is 6.82. The second kappa shape index (κ2) is 6.82. The minimum absolute atomic E-state index is 0.361. The van der Waals surface area contributed by atoms with Gasteiger partial charge in [0.25, 0.3) is 0 Å². The maximum Gasteiger partial charge on any atom is 0.0485 e. The molecule has 1 unspecified atom stereocenters. The zero-order chi connectivity index (χ0) is 17.3. The van der Waals surface area contributed by atoms with E-state index in [-0.39, 0.29) is 0 Å². The molecule has 1 aromatic heterocycles. The van der Waals surface area contributed by atoms with Crippen LogP contribution in [0.5, 0.6) is 0 Å². The van der Waals surface area contributed by atoms with Gasteiger partial charge in [0.15, 0.2) is 0 Å². The van der Waals surface area contributed by atoms with Crippen LogP contribution in [0.1, 0.15) is 40.8 Å². The quantitative estimate of drug-likeness (QED) is 0.714. The fourth-order valence-corrected chi connectivity index (χ4v) is 3.93. The van der Waals surface area contributed by atoms with Gasteiger partial charge in [-0.15, -0.1) is 0 Å². The zero-order valence-electron chi connectivity index (χ0n) is 15.3. The van der Waals surface area contributed by atoms with E-state index in [2.05, 4.69) is 74.7 Å². The molecule has 0 bridgehead atoms. The Bertz CT molecular complexity index is 858.